The summed E-state index contributed by atoms with van der Waals surface area (Å²) < 4.78 is 7.35. The SMILES string of the molecule is CC(C)(C)OC(=O)c1ccc(-c2cc(-c3cc(C(C)(C)C)n(-c4ccccc4)n3)[nH]n2)cn1. The molecule has 0 spiro atoms. The lowest BCUT2D eigenvalue weighted by Gasteiger charge is -2.20. The van der Waals surface area contributed by atoms with E-state index in [1.54, 1.807) is 12.3 Å². The highest BCUT2D eigenvalue weighted by Gasteiger charge is 2.23. The van der Waals surface area contributed by atoms with Crippen molar-refractivity contribution in [1.82, 2.24) is 25.0 Å². The second-order valence-corrected chi connectivity index (χ2v) is 10.0. The number of hydrogen-bond donors (Lipinski definition) is 1. The van der Waals surface area contributed by atoms with E-state index < -0.39 is 11.6 Å². The maximum atomic E-state index is 12.2. The zero-order valence-corrected chi connectivity index (χ0v) is 19.9. The van der Waals surface area contributed by atoms with Gasteiger partial charge >= 0.3 is 5.97 Å². The van der Waals surface area contributed by atoms with Gasteiger partial charge in [-0.25, -0.2) is 14.5 Å². The Morgan fingerprint density at radius 2 is 1.67 bits per heavy atom. The van der Waals surface area contributed by atoms with E-state index in [2.05, 4.69) is 42.0 Å². The maximum absolute atomic E-state index is 12.2. The fraction of sp³-hybridized carbons (Fsp3) is 0.308. The van der Waals surface area contributed by atoms with Gasteiger partial charge in [0.15, 0.2) is 0 Å². The van der Waals surface area contributed by atoms with E-state index in [-0.39, 0.29) is 11.1 Å². The lowest BCUT2D eigenvalue weighted by atomic mass is 9.91. The Morgan fingerprint density at radius 3 is 2.27 bits per heavy atom. The summed E-state index contributed by atoms with van der Waals surface area (Å²) in [7, 11) is 0. The number of aromatic amines is 1. The molecule has 4 aromatic rings. The molecule has 3 heterocycles. The second-order valence-electron chi connectivity index (χ2n) is 10.0. The molecule has 0 bridgehead atoms. The molecule has 4 rings (SSSR count). The first-order chi connectivity index (χ1) is 15.5. The van der Waals surface area contributed by atoms with Crippen LogP contribution in [0.15, 0.2) is 60.8 Å². The standard InChI is InChI=1S/C26H29N5O2/c1-25(2,3)23-15-22(30-31(23)18-10-8-7-9-11-18)21-14-20(28-29-21)17-12-13-19(27-16-17)24(32)33-26(4,5)6/h7-16H,1-6H3,(H,28,29). The lowest BCUT2D eigenvalue weighted by Crippen LogP contribution is -2.24. The average Bonchev–Trinajstić information content (AvgIpc) is 3.41. The molecule has 1 N–H and O–H groups in total. The van der Waals surface area contributed by atoms with Crippen LogP contribution in [0.1, 0.15) is 57.7 Å². The molecule has 1 aromatic carbocycles. The summed E-state index contributed by atoms with van der Waals surface area (Å²) in [6.45, 7) is 12.0. The highest BCUT2D eigenvalue weighted by Crippen LogP contribution is 2.30. The van der Waals surface area contributed by atoms with Gasteiger partial charge in [0.05, 0.1) is 22.8 Å². The summed E-state index contributed by atoms with van der Waals surface area (Å²) in [5, 5.41) is 12.4. The van der Waals surface area contributed by atoms with E-state index in [9.17, 15) is 4.79 Å². The molecule has 0 saturated heterocycles. The maximum Gasteiger partial charge on any atom is 0.357 e. The molecule has 33 heavy (non-hydrogen) atoms. The van der Waals surface area contributed by atoms with Crippen molar-refractivity contribution in [1.29, 1.82) is 0 Å². The van der Waals surface area contributed by atoms with Crippen molar-refractivity contribution in [2.75, 3.05) is 0 Å². The fourth-order valence-corrected chi connectivity index (χ4v) is 3.41. The summed E-state index contributed by atoms with van der Waals surface area (Å²) in [6.07, 6.45) is 1.63. The van der Waals surface area contributed by atoms with E-state index in [1.165, 1.54) is 0 Å². The minimum Gasteiger partial charge on any atom is -0.455 e. The molecule has 0 unspecified atom stereocenters. The van der Waals surface area contributed by atoms with Crippen LogP contribution >= 0.6 is 0 Å². The Balaban J connectivity index is 1.63. The number of pyridine rings is 1. The topological polar surface area (TPSA) is 85.7 Å². The van der Waals surface area contributed by atoms with Gasteiger partial charge in [0.1, 0.15) is 17.0 Å². The second kappa shape index (κ2) is 8.31. The molecule has 0 amide bonds. The number of carbonyl (C=O) groups excluding carboxylic acids is 1. The molecule has 0 saturated carbocycles. The molecule has 7 heteroatoms. The van der Waals surface area contributed by atoms with Crippen LogP contribution in [0.5, 0.6) is 0 Å². The van der Waals surface area contributed by atoms with E-state index in [1.807, 2.05) is 67.9 Å². The van der Waals surface area contributed by atoms with Crippen LogP contribution in [0.2, 0.25) is 0 Å². The third-order valence-corrected chi connectivity index (χ3v) is 5.00. The van der Waals surface area contributed by atoms with E-state index in [0.717, 1.165) is 34.0 Å². The number of carbonyl (C=O) groups is 1. The predicted octanol–water partition coefficient (Wildman–Crippen LogP) is 5.58. The Kier molecular flexibility index (Phi) is 5.66. The molecule has 0 atom stereocenters. The van der Waals surface area contributed by atoms with Crippen molar-refractivity contribution >= 4 is 5.97 Å². The van der Waals surface area contributed by atoms with Crippen LogP contribution in [0.4, 0.5) is 0 Å². The van der Waals surface area contributed by atoms with Gasteiger partial charge in [-0.3, -0.25) is 5.10 Å². The largest absolute Gasteiger partial charge is 0.455 e. The van der Waals surface area contributed by atoms with Gasteiger partial charge in [-0.05, 0) is 57.2 Å². The first-order valence-corrected chi connectivity index (χ1v) is 10.9. The Hall–Kier alpha value is -3.74. The summed E-state index contributed by atoms with van der Waals surface area (Å²) in [6, 6.07) is 17.6. The molecule has 0 fully saturated rings. The Bertz CT molecular complexity index is 1260. The van der Waals surface area contributed by atoms with Crippen LogP contribution in [-0.4, -0.2) is 36.5 Å². The minimum atomic E-state index is -0.566. The fourth-order valence-electron chi connectivity index (χ4n) is 3.41. The summed E-state index contributed by atoms with van der Waals surface area (Å²) >= 11 is 0. The monoisotopic (exact) mass is 443 g/mol. The number of aromatic nitrogens is 5. The third kappa shape index (κ3) is 5.03. The summed E-state index contributed by atoms with van der Waals surface area (Å²) in [5.41, 5.74) is 4.85. The van der Waals surface area contributed by atoms with Gasteiger partial charge in [0.2, 0.25) is 0 Å². The van der Waals surface area contributed by atoms with Gasteiger partial charge in [-0.1, -0.05) is 39.0 Å². The Morgan fingerprint density at radius 1 is 0.939 bits per heavy atom. The number of esters is 1. The van der Waals surface area contributed by atoms with Crippen LogP contribution in [0.25, 0.3) is 28.3 Å². The number of H-pyrrole nitrogens is 1. The van der Waals surface area contributed by atoms with Crippen molar-refractivity contribution in [3.63, 3.8) is 0 Å². The molecule has 0 aliphatic carbocycles. The van der Waals surface area contributed by atoms with Crippen molar-refractivity contribution in [2.45, 2.75) is 52.6 Å². The van der Waals surface area contributed by atoms with Gasteiger partial charge in [-0.15, -0.1) is 0 Å². The number of nitrogens with zero attached hydrogens (tertiary/aromatic N) is 4. The smallest absolute Gasteiger partial charge is 0.357 e. The quantitative estimate of drug-likeness (QED) is 0.416. The zero-order valence-electron chi connectivity index (χ0n) is 19.9. The number of hydrogen-bond acceptors (Lipinski definition) is 5. The highest BCUT2D eigenvalue weighted by atomic mass is 16.6. The van der Waals surface area contributed by atoms with Crippen LogP contribution in [0.3, 0.4) is 0 Å². The molecule has 0 aliphatic rings. The predicted molar refractivity (Wildman–Crippen MR) is 128 cm³/mol. The molecule has 0 radical (unpaired) electrons. The number of ether oxygens (including phenoxy) is 1. The van der Waals surface area contributed by atoms with Crippen molar-refractivity contribution in [2.24, 2.45) is 0 Å². The number of para-hydroxylation sites is 1. The van der Waals surface area contributed by atoms with E-state index in [0.29, 0.717) is 0 Å². The first-order valence-electron chi connectivity index (χ1n) is 10.9. The highest BCUT2D eigenvalue weighted by molar-refractivity contribution is 5.88. The zero-order chi connectivity index (χ0) is 23.8. The molecule has 0 aliphatic heterocycles. The van der Waals surface area contributed by atoms with E-state index >= 15 is 0 Å². The molecule has 3 aromatic heterocycles. The number of nitrogens with one attached hydrogen (secondary N) is 1. The third-order valence-electron chi connectivity index (χ3n) is 5.00. The lowest BCUT2D eigenvalue weighted by molar-refractivity contribution is 0.00629. The number of benzene rings is 1. The summed E-state index contributed by atoms with van der Waals surface area (Å²) in [5.74, 6) is -0.446. The van der Waals surface area contributed by atoms with Crippen LogP contribution in [-0.2, 0) is 10.2 Å². The average molecular weight is 444 g/mol. The number of rotatable bonds is 4. The van der Waals surface area contributed by atoms with Gasteiger partial charge < -0.3 is 4.74 Å². The van der Waals surface area contributed by atoms with Gasteiger partial charge in [0.25, 0.3) is 0 Å². The molecular formula is C26H29N5O2. The van der Waals surface area contributed by atoms with Crippen molar-refractivity contribution in [3.8, 4) is 28.3 Å². The van der Waals surface area contributed by atoms with Crippen LogP contribution < -0.4 is 0 Å². The van der Waals surface area contributed by atoms with Gasteiger partial charge in [0, 0.05) is 17.2 Å². The molecule has 7 nitrogen and oxygen atoms in total. The molecular weight excluding hydrogens is 414 g/mol. The van der Waals surface area contributed by atoms with E-state index in [4.69, 9.17) is 9.84 Å². The first kappa shape index (κ1) is 22.5. The Labute approximate surface area is 193 Å². The van der Waals surface area contributed by atoms with Crippen molar-refractivity contribution in [3.05, 3.63) is 72.2 Å². The minimum absolute atomic E-state index is 0.0919. The van der Waals surface area contributed by atoms with Crippen molar-refractivity contribution < 1.29 is 9.53 Å². The van der Waals surface area contributed by atoms with Gasteiger partial charge in [-0.2, -0.15) is 10.2 Å². The summed E-state index contributed by atoms with van der Waals surface area (Å²) in [4.78, 5) is 16.5. The normalized spacial score (nSPS) is 12.1. The molecule has 170 valence electrons. The van der Waals surface area contributed by atoms with Crippen LogP contribution in [0, 0.1) is 0 Å².